The summed E-state index contributed by atoms with van der Waals surface area (Å²) in [6.07, 6.45) is 1.66. The molecule has 2 saturated heterocycles. The van der Waals surface area contributed by atoms with E-state index >= 15 is 0 Å². The van der Waals surface area contributed by atoms with Gasteiger partial charge >= 0.3 is 0 Å². The lowest BCUT2D eigenvalue weighted by atomic mass is 10.0. The second kappa shape index (κ2) is 10.1. The van der Waals surface area contributed by atoms with E-state index in [2.05, 4.69) is 58.6 Å². The molecule has 1 aromatic carbocycles. The topological polar surface area (TPSA) is 69.2 Å². The van der Waals surface area contributed by atoms with Crippen LogP contribution >= 0.6 is 0 Å². The van der Waals surface area contributed by atoms with Crippen molar-refractivity contribution in [2.75, 3.05) is 46.4 Å². The zero-order valence-corrected chi connectivity index (χ0v) is 18.0. The molecular formula is C22H35N5O2. The monoisotopic (exact) mass is 401 g/mol. The van der Waals surface area contributed by atoms with Gasteiger partial charge in [-0.2, -0.15) is 0 Å². The van der Waals surface area contributed by atoms with Crippen molar-refractivity contribution in [2.45, 2.75) is 45.3 Å². The summed E-state index contributed by atoms with van der Waals surface area (Å²) in [6, 6.07) is 8.43. The Kier molecular flexibility index (Phi) is 7.50. The molecule has 0 aliphatic carbocycles. The van der Waals surface area contributed by atoms with Gasteiger partial charge < -0.3 is 20.3 Å². The van der Waals surface area contributed by atoms with Crippen LogP contribution in [-0.2, 0) is 22.6 Å². The molecule has 160 valence electrons. The Labute approximate surface area is 174 Å². The minimum Gasteiger partial charge on any atom is -0.379 e. The average Bonchev–Trinajstić information content (AvgIpc) is 3.13. The summed E-state index contributed by atoms with van der Waals surface area (Å²) < 4.78 is 5.47. The first-order chi connectivity index (χ1) is 14.0. The number of benzene rings is 1. The van der Waals surface area contributed by atoms with E-state index in [9.17, 15) is 4.79 Å². The van der Waals surface area contributed by atoms with E-state index in [0.29, 0.717) is 19.5 Å². The molecule has 0 spiro atoms. The van der Waals surface area contributed by atoms with Crippen LogP contribution in [0.15, 0.2) is 29.3 Å². The predicted octanol–water partition coefficient (Wildman–Crippen LogP) is 1.58. The van der Waals surface area contributed by atoms with Crippen LogP contribution in [0, 0.1) is 0 Å². The van der Waals surface area contributed by atoms with Gasteiger partial charge in [0.25, 0.3) is 0 Å². The predicted molar refractivity (Wildman–Crippen MR) is 116 cm³/mol. The lowest BCUT2D eigenvalue weighted by Crippen LogP contribution is -2.56. The summed E-state index contributed by atoms with van der Waals surface area (Å²) in [5.74, 6) is 1.06. The molecule has 7 nitrogen and oxygen atoms in total. The molecule has 3 rings (SSSR count). The second-order valence-corrected chi connectivity index (χ2v) is 8.43. The van der Waals surface area contributed by atoms with Crippen LogP contribution in [0.25, 0.3) is 0 Å². The van der Waals surface area contributed by atoms with E-state index in [1.165, 1.54) is 11.1 Å². The average molecular weight is 402 g/mol. The summed E-state index contributed by atoms with van der Waals surface area (Å²) in [4.78, 5) is 20.6. The van der Waals surface area contributed by atoms with Gasteiger partial charge in [-0.15, -0.1) is 0 Å². The number of guanidine groups is 1. The SMILES string of the molecule is CN=C(NCc1cccc(CN2CCCC2=O)c1)NCC(C)(C)N1CCOCC1. The van der Waals surface area contributed by atoms with Crippen LogP contribution in [0.2, 0.25) is 0 Å². The number of carbonyl (C=O) groups excluding carboxylic acids is 1. The van der Waals surface area contributed by atoms with Gasteiger partial charge in [-0.05, 0) is 31.4 Å². The molecule has 2 N–H and O–H groups in total. The maximum atomic E-state index is 11.9. The molecule has 2 heterocycles. The molecule has 0 bridgehead atoms. The first kappa shape index (κ1) is 21.6. The fourth-order valence-corrected chi connectivity index (χ4v) is 3.92. The van der Waals surface area contributed by atoms with Crippen LogP contribution in [0.5, 0.6) is 0 Å². The quantitative estimate of drug-likeness (QED) is 0.536. The number of morpholine rings is 1. The van der Waals surface area contributed by atoms with Gasteiger partial charge in [-0.1, -0.05) is 24.3 Å². The third-order valence-electron chi connectivity index (χ3n) is 5.78. The van der Waals surface area contributed by atoms with Crippen LogP contribution in [0.3, 0.4) is 0 Å². The lowest BCUT2D eigenvalue weighted by molar-refractivity contribution is -0.128. The van der Waals surface area contributed by atoms with E-state index in [4.69, 9.17) is 4.74 Å². The lowest BCUT2D eigenvalue weighted by Gasteiger charge is -2.41. The Morgan fingerprint density at radius 2 is 1.93 bits per heavy atom. The fraction of sp³-hybridized carbons (Fsp3) is 0.636. The molecule has 0 aromatic heterocycles. The summed E-state index contributed by atoms with van der Waals surface area (Å²) in [5.41, 5.74) is 2.39. The number of hydrogen-bond donors (Lipinski definition) is 2. The summed E-state index contributed by atoms with van der Waals surface area (Å²) in [5, 5.41) is 6.87. The third-order valence-corrected chi connectivity index (χ3v) is 5.78. The molecule has 1 aromatic rings. The highest BCUT2D eigenvalue weighted by Gasteiger charge is 2.28. The molecule has 29 heavy (non-hydrogen) atoms. The summed E-state index contributed by atoms with van der Waals surface area (Å²) in [6.45, 7) is 11.1. The zero-order valence-electron chi connectivity index (χ0n) is 18.0. The Balaban J connectivity index is 1.49. The Hall–Kier alpha value is -2.12. The molecule has 7 heteroatoms. The number of amides is 1. The first-order valence-corrected chi connectivity index (χ1v) is 10.6. The first-order valence-electron chi connectivity index (χ1n) is 10.6. The Bertz CT molecular complexity index is 713. The maximum Gasteiger partial charge on any atom is 0.222 e. The molecule has 2 fully saturated rings. The van der Waals surface area contributed by atoms with Gasteiger partial charge in [0.15, 0.2) is 5.96 Å². The molecule has 2 aliphatic heterocycles. The van der Waals surface area contributed by atoms with Crippen molar-refractivity contribution in [3.63, 3.8) is 0 Å². The molecule has 0 radical (unpaired) electrons. The van der Waals surface area contributed by atoms with Crippen molar-refractivity contribution in [3.05, 3.63) is 35.4 Å². The smallest absolute Gasteiger partial charge is 0.222 e. The number of likely N-dealkylation sites (tertiary alicyclic amines) is 1. The number of rotatable bonds is 7. The number of nitrogens with zero attached hydrogens (tertiary/aromatic N) is 3. The minimum atomic E-state index is 0.0313. The van der Waals surface area contributed by atoms with E-state index in [1.54, 1.807) is 7.05 Å². The van der Waals surface area contributed by atoms with Gasteiger partial charge in [-0.25, -0.2) is 0 Å². The third kappa shape index (κ3) is 6.18. The van der Waals surface area contributed by atoms with Gasteiger partial charge in [0, 0.05) is 58.3 Å². The maximum absolute atomic E-state index is 11.9. The number of aliphatic imine (C=N–C) groups is 1. The fourth-order valence-electron chi connectivity index (χ4n) is 3.92. The number of hydrogen-bond acceptors (Lipinski definition) is 4. The highest BCUT2D eigenvalue weighted by atomic mass is 16.5. The highest BCUT2D eigenvalue weighted by molar-refractivity contribution is 5.79. The summed E-state index contributed by atoms with van der Waals surface area (Å²) >= 11 is 0. The highest BCUT2D eigenvalue weighted by Crippen LogP contribution is 2.16. The van der Waals surface area contributed by atoms with E-state index in [-0.39, 0.29) is 11.4 Å². The van der Waals surface area contributed by atoms with E-state index < -0.39 is 0 Å². The molecule has 2 aliphatic rings. The molecule has 0 unspecified atom stereocenters. The Morgan fingerprint density at radius 1 is 1.17 bits per heavy atom. The van der Waals surface area contributed by atoms with E-state index in [0.717, 1.165) is 51.8 Å². The van der Waals surface area contributed by atoms with Crippen molar-refractivity contribution in [1.29, 1.82) is 0 Å². The van der Waals surface area contributed by atoms with Crippen LogP contribution < -0.4 is 10.6 Å². The molecule has 1 amide bonds. The standard InChI is InChI=1S/C22H35N5O2/c1-22(2,27-10-12-29-13-11-27)17-25-21(23-3)24-15-18-6-4-7-19(14-18)16-26-9-5-8-20(26)28/h4,6-7,14H,5,8-13,15-17H2,1-3H3,(H2,23,24,25). The van der Waals surface area contributed by atoms with Crippen molar-refractivity contribution in [3.8, 4) is 0 Å². The van der Waals surface area contributed by atoms with Gasteiger partial charge in [-0.3, -0.25) is 14.7 Å². The van der Waals surface area contributed by atoms with Crippen LogP contribution in [0.4, 0.5) is 0 Å². The van der Waals surface area contributed by atoms with Gasteiger partial charge in [0.1, 0.15) is 0 Å². The van der Waals surface area contributed by atoms with Crippen molar-refractivity contribution in [1.82, 2.24) is 20.4 Å². The number of nitrogens with one attached hydrogen (secondary N) is 2. The van der Waals surface area contributed by atoms with Crippen molar-refractivity contribution in [2.24, 2.45) is 4.99 Å². The molecular weight excluding hydrogens is 366 g/mol. The number of carbonyl (C=O) groups is 1. The normalized spacial score (nSPS) is 18.9. The molecule has 0 saturated carbocycles. The largest absolute Gasteiger partial charge is 0.379 e. The van der Waals surface area contributed by atoms with Crippen LogP contribution in [0.1, 0.15) is 37.8 Å². The van der Waals surface area contributed by atoms with Crippen LogP contribution in [-0.4, -0.2) is 73.6 Å². The second-order valence-electron chi connectivity index (χ2n) is 8.43. The van der Waals surface area contributed by atoms with Gasteiger partial charge in [0.05, 0.1) is 13.2 Å². The molecule has 0 atom stereocenters. The summed E-state index contributed by atoms with van der Waals surface area (Å²) in [7, 11) is 1.80. The van der Waals surface area contributed by atoms with Gasteiger partial charge in [0.2, 0.25) is 5.91 Å². The number of ether oxygens (including phenoxy) is 1. The van der Waals surface area contributed by atoms with Crippen molar-refractivity contribution >= 4 is 11.9 Å². The zero-order chi connectivity index (χ0) is 20.7. The van der Waals surface area contributed by atoms with Crippen molar-refractivity contribution < 1.29 is 9.53 Å². The Morgan fingerprint density at radius 3 is 2.62 bits per heavy atom. The minimum absolute atomic E-state index is 0.0313. The van der Waals surface area contributed by atoms with E-state index in [1.807, 2.05) is 4.90 Å².